The van der Waals surface area contributed by atoms with E-state index in [1.54, 1.807) is 0 Å². The van der Waals surface area contributed by atoms with Crippen molar-refractivity contribution in [1.29, 1.82) is 0 Å². The lowest BCUT2D eigenvalue weighted by Gasteiger charge is -2.22. The fourth-order valence-corrected chi connectivity index (χ4v) is 2.81. The minimum absolute atomic E-state index is 0.814. The molecule has 19 heavy (non-hydrogen) atoms. The van der Waals surface area contributed by atoms with Crippen molar-refractivity contribution >= 4 is 0 Å². The predicted molar refractivity (Wildman–Crippen MR) is 79.0 cm³/mol. The summed E-state index contributed by atoms with van der Waals surface area (Å²) in [6, 6.07) is 12.8. The molecule has 1 fully saturated rings. The third-order valence-electron chi connectivity index (χ3n) is 3.89. The molecule has 1 aromatic carbocycles. The maximum absolute atomic E-state index is 4.41. The lowest BCUT2D eigenvalue weighted by Crippen LogP contribution is -2.28. The number of nitrogens with one attached hydrogen (secondary N) is 1. The van der Waals surface area contributed by atoms with E-state index >= 15 is 0 Å². The maximum Gasteiger partial charge on any atom is 0.0346 e. The first-order valence-electron chi connectivity index (χ1n) is 7.12. The van der Waals surface area contributed by atoms with Gasteiger partial charge in [-0.25, -0.2) is 0 Å². The van der Waals surface area contributed by atoms with Crippen LogP contribution >= 0.6 is 0 Å². The molecule has 0 unspecified atom stereocenters. The highest BCUT2D eigenvalue weighted by Crippen LogP contribution is 2.22. The quantitative estimate of drug-likeness (QED) is 0.906. The van der Waals surface area contributed by atoms with Gasteiger partial charge in [0.05, 0.1) is 0 Å². The van der Waals surface area contributed by atoms with Gasteiger partial charge in [0.15, 0.2) is 0 Å². The SMILES string of the molecule is c1ccc(-c2cncc(CC3CCNCC3)c2)cc1. The van der Waals surface area contributed by atoms with Crippen molar-refractivity contribution in [2.75, 3.05) is 13.1 Å². The van der Waals surface area contributed by atoms with E-state index < -0.39 is 0 Å². The third kappa shape index (κ3) is 3.21. The Morgan fingerprint density at radius 3 is 2.58 bits per heavy atom. The van der Waals surface area contributed by atoms with E-state index in [-0.39, 0.29) is 0 Å². The van der Waals surface area contributed by atoms with Gasteiger partial charge in [-0.2, -0.15) is 0 Å². The van der Waals surface area contributed by atoms with Crippen molar-refractivity contribution in [1.82, 2.24) is 10.3 Å². The molecule has 0 atom stereocenters. The van der Waals surface area contributed by atoms with Crippen LogP contribution in [0, 0.1) is 5.92 Å². The van der Waals surface area contributed by atoms with E-state index in [1.165, 1.54) is 29.5 Å². The maximum atomic E-state index is 4.41. The normalized spacial score (nSPS) is 16.4. The summed E-state index contributed by atoms with van der Waals surface area (Å²) in [5.41, 5.74) is 3.85. The summed E-state index contributed by atoms with van der Waals surface area (Å²) in [5.74, 6) is 0.814. The Balaban J connectivity index is 1.76. The van der Waals surface area contributed by atoms with Gasteiger partial charge in [0.25, 0.3) is 0 Å². The van der Waals surface area contributed by atoms with E-state index in [2.05, 4.69) is 46.7 Å². The second-order valence-electron chi connectivity index (χ2n) is 5.35. The Morgan fingerprint density at radius 1 is 1.00 bits per heavy atom. The number of piperidine rings is 1. The molecule has 1 saturated heterocycles. The molecule has 1 aliphatic rings. The van der Waals surface area contributed by atoms with Crippen LogP contribution in [0.3, 0.4) is 0 Å². The third-order valence-corrected chi connectivity index (χ3v) is 3.89. The summed E-state index contributed by atoms with van der Waals surface area (Å²) < 4.78 is 0. The summed E-state index contributed by atoms with van der Waals surface area (Å²) >= 11 is 0. The standard InChI is InChI=1S/C17H20N2/c1-2-4-16(5-3-1)17-11-15(12-19-13-17)10-14-6-8-18-9-7-14/h1-5,11-14,18H,6-10H2. The number of hydrogen-bond donors (Lipinski definition) is 1. The lowest BCUT2D eigenvalue weighted by molar-refractivity contribution is 0.372. The molecule has 3 rings (SSSR count). The summed E-state index contributed by atoms with van der Waals surface area (Å²) in [6.07, 6.45) is 7.72. The van der Waals surface area contributed by atoms with Gasteiger partial charge in [0, 0.05) is 18.0 Å². The summed E-state index contributed by atoms with van der Waals surface area (Å²) in [7, 11) is 0. The predicted octanol–water partition coefficient (Wildman–Crippen LogP) is 3.29. The molecule has 2 heteroatoms. The minimum atomic E-state index is 0.814. The van der Waals surface area contributed by atoms with Crippen molar-refractivity contribution in [3.05, 3.63) is 54.4 Å². The number of benzene rings is 1. The van der Waals surface area contributed by atoms with Gasteiger partial charge in [0.2, 0.25) is 0 Å². The molecule has 0 radical (unpaired) electrons. The molecule has 2 heterocycles. The van der Waals surface area contributed by atoms with E-state index in [9.17, 15) is 0 Å². The molecule has 0 spiro atoms. The number of nitrogens with zero attached hydrogens (tertiary/aromatic N) is 1. The highest BCUT2D eigenvalue weighted by atomic mass is 14.9. The Hall–Kier alpha value is -1.67. The number of hydrogen-bond acceptors (Lipinski definition) is 2. The summed E-state index contributed by atoms with van der Waals surface area (Å²) in [6.45, 7) is 2.33. The smallest absolute Gasteiger partial charge is 0.0346 e. The number of aromatic nitrogens is 1. The van der Waals surface area contributed by atoms with E-state index in [0.29, 0.717) is 0 Å². The average molecular weight is 252 g/mol. The molecule has 1 N–H and O–H groups in total. The zero-order valence-electron chi connectivity index (χ0n) is 11.2. The Bertz CT molecular complexity index is 516. The highest BCUT2D eigenvalue weighted by Gasteiger charge is 2.13. The molecule has 1 aromatic heterocycles. The second-order valence-corrected chi connectivity index (χ2v) is 5.35. The average Bonchev–Trinajstić information content (AvgIpc) is 2.49. The lowest BCUT2D eigenvalue weighted by atomic mass is 9.91. The zero-order valence-corrected chi connectivity index (χ0v) is 11.2. The molecule has 2 aromatic rings. The van der Waals surface area contributed by atoms with E-state index in [4.69, 9.17) is 0 Å². The second kappa shape index (κ2) is 5.98. The van der Waals surface area contributed by atoms with Gasteiger partial charge >= 0.3 is 0 Å². The largest absolute Gasteiger partial charge is 0.317 e. The molecule has 0 amide bonds. The fourth-order valence-electron chi connectivity index (χ4n) is 2.81. The van der Waals surface area contributed by atoms with Crippen LogP contribution in [0.1, 0.15) is 18.4 Å². The van der Waals surface area contributed by atoms with Crippen molar-refractivity contribution in [2.24, 2.45) is 5.92 Å². The summed E-state index contributed by atoms with van der Waals surface area (Å²) in [4.78, 5) is 4.41. The zero-order chi connectivity index (χ0) is 12.9. The Labute approximate surface area is 114 Å². The number of pyridine rings is 1. The van der Waals surface area contributed by atoms with Crippen molar-refractivity contribution in [2.45, 2.75) is 19.3 Å². The van der Waals surface area contributed by atoms with Crippen molar-refractivity contribution < 1.29 is 0 Å². The van der Waals surface area contributed by atoms with Crippen molar-refractivity contribution in [3.63, 3.8) is 0 Å². The minimum Gasteiger partial charge on any atom is -0.317 e. The highest BCUT2D eigenvalue weighted by molar-refractivity contribution is 5.62. The van der Waals surface area contributed by atoms with Crippen molar-refractivity contribution in [3.8, 4) is 11.1 Å². The molecule has 98 valence electrons. The number of rotatable bonds is 3. The molecule has 0 aliphatic carbocycles. The van der Waals surface area contributed by atoms with Gasteiger partial charge in [-0.15, -0.1) is 0 Å². The van der Waals surface area contributed by atoms with Crippen LogP contribution in [0.5, 0.6) is 0 Å². The van der Waals surface area contributed by atoms with Gasteiger partial charge < -0.3 is 5.32 Å². The van der Waals surface area contributed by atoms with Gasteiger partial charge in [0.1, 0.15) is 0 Å². The summed E-state index contributed by atoms with van der Waals surface area (Å²) in [5, 5.41) is 3.42. The van der Waals surface area contributed by atoms with Gasteiger partial charge in [-0.1, -0.05) is 30.3 Å². The van der Waals surface area contributed by atoms with Gasteiger partial charge in [-0.05, 0) is 55.5 Å². The van der Waals surface area contributed by atoms with Crippen LogP contribution in [-0.4, -0.2) is 18.1 Å². The van der Waals surface area contributed by atoms with Crippen LogP contribution in [0.15, 0.2) is 48.8 Å². The first-order valence-corrected chi connectivity index (χ1v) is 7.12. The van der Waals surface area contributed by atoms with Crippen LogP contribution in [0.2, 0.25) is 0 Å². The van der Waals surface area contributed by atoms with Gasteiger partial charge in [-0.3, -0.25) is 4.98 Å². The molecular weight excluding hydrogens is 232 g/mol. The van der Waals surface area contributed by atoms with Crippen LogP contribution < -0.4 is 5.32 Å². The van der Waals surface area contributed by atoms with E-state index in [1.807, 2.05) is 12.4 Å². The molecule has 1 aliphatic heterocycles. The molecular formula is C17H20N2. The van der Waals surface area contributed by atoms with E-state index in [0.717, 1.165) is 25.4 Å². The first kappa shape index (κ1) is 12.4. The topological polar surface area (TPSA) is 24.9 Å². The first-order chi connectivity index (χ1) is 9.42. The van der Waals surface area contributed by atoms with Crippen LogP contribution in [-0.2, 0) is 6.42 Å². The molecule has 0 bridgehead atoms. The molecule has 0 saturated carbocycles. The van der Waals surface area contributed by atoms with Crippen LogP contribution in [0.25, 0.3) is 11.1 Å². The van der Waals surface area contributed by atoms with Crippen LogP contribution in [0.4, 0.5) is 0 Å². The Kier molecular flexibility index (Phi) is 3.89. The monoisotopic (exact) mass is 252 g/mol. The Morgan fingerprint density at radius 2 is 1.79 bits per heavy atom. The fraction of sp³-hybridized carbons (Fsp3) is 0.353. The molecule has 2 nitrogen and oxygen atoms in total.